The largest absolute Gasteiger partial charge is 0.481 e. The number of fused-ring (bicyclic) bond motifs is 6. The van der Waals surface area contributed by atoms with E-state index in [1.807, 2.05) is 90.2 Å². The lowest BCUT2D eigenvalue weighted by Gasteiger charge is -2.58. The topological polar surface area (TPSA) is 91.8 Å². The second-order valence-corrected chi connectivity index (χ2v) is 15.3. The molecular weight excluding hydrogens is 600 g/mol. The van der Waals surface area contributed by atoms with E-state index in [9.17, 15) is 4.79 Å². The summed E-state index contributed by atoms with van der Waals surface area (Å²) in [4.78, 5) is 22.2. The molecular formula is C36H44N4O5S. The van der Waals surface area contributed by atoms with Gasteiger partial charge in [-0.2, -0.15) is 0 Å². The Morgan fingerprint density at radius 1 is 1.00 bits per heavy atom. The van der Waals surface area contributed by atoms with Gasteiger partial charge in [-0.25, -0.2) is 17.5 Å². The molecule has 244 valence electrons. The fourth-order valence-electron chi connectivity index (χ4n) is 7.84. The zero-order valence-corrected chi connectivity index (χ0v) is 28.6. The number of sulfonamides is 1. The predicted molar refractivity (Wildman–Crippen MR) is 181 cm³/mol. The van der Waals surface area contributed by atoms with Crippen LogP contribution in [0.1, 0.15) is 57.2 Å². The van der Waals surface area contributed by atoms with Gasteiger partial charge in [0.2, 0.25) is 0 Å². The van der Waals surface area contributed by atoms with Gasteiger partial charge in [-0.3, -0.25) is 4.99 Å². The Morgan fingerprint density at radius 2 is 1.63 bits per heavy atom. The van der Waals surface area contributed by atoms with Crippen LogP contribution in [-0.2, 0) is 30.3 Å². The molecule has 1 spiro atoms. The van der Waals surface area contributed by atoms with Crippen molar-refractivity contribution in [3.63, 3.8) is 0 Å². The Labute approximate surface area is 272 Å². The lowest BCUT2D eigenvalue weighted by Crippen LogP contribution is -2.70. The van der Waals surface area contributed by atoms with Crippen molar-refractivity contribution >= 4 is 33.4 Å². The van der Waals surface area contributed by atoms with Crippen molar-refractivity contribution in [1.29, 1.82) is 0 Å². The van der Waals surface area contributed by atoms with Crippen molar-refractivity contribution in [3.8, 4) is 0 Å². The van der Waals surface area contributed by atoms with Gasteiger partial charge in [0.05, 0.1) is 28.0 Å². The summed E-state index contributed by atoms with van der Waals surface area (Å²) in [5, 5.41) is 0. The number of benzene rings is 3. The molecule has 0 unspecified atom stereocenters. The molecule has 3 aliphatic rings. The van der Waals surface area contributed by atoms with E-state index in [1.165, 1.54) is 0 Å². The smallest absolute Gasteiger partial charge is 0.410 e. The number of hydrogen-bond donors (Lipinski definition) is 0. The van der Waals surface area contributed by atoms with Crippen LogP contribution in [0.5, 0.6) is 0 Å². The first-order valence-corrected chi connectivity index (χ1v) is 17.4. The summed E-state index contributed by atoms with van der Waals surface area (Å²) in [6.45, 7) is 10.7. The number of nitrogens with zero attached hydrogens (tertiary/aromatic N) is 4. The van der Waals surface area contributed by atoms with Gasteiger partial charge in [-0.1, -0.05) is 54.1 Å². The number of anilines is 2. The first-order valence-electron chi connectivity index (χ1n) is 15.9. The molecule has 46 heavy (non-hydrogen) atoms. The lowest BCUT2D eigenvalue weighted by molar-refractivity contribution is 0.0274. The van der Waals surface area contributed by atoms with Gasteiger partial charge < -0.3 is 19.3 Å². The summed E-state index contributed by atoms with van der Waals surface area (Å²) < 4.78 is 43.8. The zero-order chi connectivity index (χ0) is 33.1. The number of carbonyl (C=O) groups is 1. The molecule has 3 aromatic rings. The van der Waals surface area contributed by atoms with E-state index in [0.717, 1.165) is 22.4 Å². The van der Waals surface area contributed by atoms with E-state index in [1.54, 1.807) is 28.4 Å². The van der Waals surface area contributed by atoms with Crippen LogP contribution in [0.25, 0.3) is 0 Å². The van der Waals surface area contributed by atoms with Crippen LogP contribution in [0.2, 0.25) is 0 Å². The monoisotopic (exact) mass is 644 g/mol. The standard InChI is InChI=1S/C36H44N4O5S/c1-8-44-31-35(21-23-37-31)28-14-10-12-16-30(28)40(46(42,43)26-19-17-25(2)18-20-26)32-36(35,27-13-9-11-15-29(27)39(32)7)22-24-38(6)33(41)45-34(3,4)5/h9-20,32H,8,21-24H2,1-7H3/t32-,35-,36-/m0/s1. The molecule has 3 atom stereocenters. The molecule has 3 aliphatic heterocycles. The maximum absolute atomic E-state index is 15.0. The second-order valence-electron chi connectivity index (χ2n) is 13.5. The Kier molecular flexibility index (Phi) is 7.86. The third kappa shape index (κ3) is 4.67. The van der Waals surface area contributed by atoms with Crippen molar-refractivity contribution in [1.82, 2.24) is 4.90 Å². The van der Waals surface area contributed by atoms with Crippen LogP contribution in [0.15, 0.2) is 82.7 Å². The highest BCUT2D eigenvalue weighted by Crippen LogP contribution is 2.66. The minimum absolute atomic E-state index is 0.220. The van der Waals surface area contributed by atoms with Crippen LogP contribution in [0.4, 0.5) is 16.2 Å². The average molecular weight is 645 g/mol. The van der Waals surface area contributed by atoms with E-state index in [-0.39, 0.29) is 4.90 Å². The van der Waals surface area contributed by atoms with Crippen molar-refractivity contribution in [2.75, 3.05) is 43.0 Å². The maximum Gasteiger partial charge on any atom is 0.410 e. The van der Waals surface area contributed by atoms with Crippen LogP contribution >= 0.6 is 0 Å². The van der Waals surface area contributed by atoms with Crippen LogP contribution in [0.3, 0.4) is 0 Å². The summed E-state index contributed by atoms with van der Waals surface area (Å²) in [6, 6.07) is 23.0. The van der Waals surface area contributed by atoms with E-state index >= 15 is 8.42 Å². The molecule has 3 aromatic carbocycles. The van der Waals surface area contributed by atoms with Gasteiger partial charge in [-0.05, 0) is 82.9 Å². The highest BCUT2D eigenvalue weighted by atomic mass is 32.2. The fourth-order valence-corrected chi connectivity index (χ4v) is 9.55. The van der Waals surface area contributed by atoms with E-state index in [4.69, 9.17) is 14.5 Å². The average Bonchev–Trinajstić information content (AvgIpc) is 3.54. The number of carbonyl (C=O) groups excluding carboxylic acids is 1. The highest BCUT2D eigenvalue weighted by molar-refractivity contribution is 7.92. The van der Waals surface area contributed by atoms with Crippen LogP contribution in [0, 0.1) is 6.92 Å². The SMILES string of the molecule is CCOC1=NCC[C@]12c1ccccc1N(S(=O)(=O)c1ccc(C)cc1)[C@@H]1N(C)c3ccccc3[C@@]12CCN(C)C(=O)OC(C)(C)C. The van der Waals surface area contributed by atoms with Crippen molar-refractivity contribution in [3.05, 3.63) is 89.5 Å². The Bertz CT molecular complexity index is 1780. The highest BCUT2D eigenvalue weighted by Gasteiger charge is 2.72. The number of likely N-dealkylation sites (N-methyl/N-ethyl adjacent to an activating group) is 1. The maximum atomic E-state index is 15.0. The molecule has 0 saturated heterocycles. The van der Waals surface area contributed by atoms with E-state index in [2.05, 4.69) is 17.0 Å². The van der Waals surface area contributed by atoms with Crippen LogP contribution in [-0.4, -0.2) is 70.9 Å². The normalized spacial score (nSPS) is 23.5. The number of ether oxygens (including phenoxy) is 2. The second kappa shape index (κ2) is 11.3. The molecule has 0 aromatic heterocycles. The molecule has 1 amide bonds. The molecule has 0 fully saturated rings. The molecule has 6 rings (SSSR count). The fraction of sp³-hybridized carbons (Fsp3) is 0.444. The number of aliphatic imine (C=N–C) groups is 1. The van der Waals surface area contributed by atoms with Crippen molar-refractivity contribution in [2.24, 2.45) is 4.99 Å². The Morgan fingerprint density at radius 3 is 2.28 bits per heavy atom. The number of rotatable bonds is 6. The number of para-hydroxylation sites is 2. The number of hydrogen-bond acceptors (Lipinski definition) is 7. The molecule has 10 heteroatoms. The van der Waals surface area contributed by atoms with Gasteiger partial charge in [-0.15, -0.1) is 0 Å². The Hall–Kier alpha value is -4.05. The lowest BCUT2D eigenvalue weighted by atomic mass is 9.52. The predicted octanol–water partition coefficient (Wildman–Crippen LogP) is 6.25. The quantitative estimate of drug-likeness (QED) is 0.315. The third-order valence-corrected chi connectivity index (χ3v) is 11.5. The molecule has 3 heterocycles. The van der Waals surface area contributed by atoms with Crippen molar-refractivity contribution in [2.45, 2.75) is 75.0 Å². The van der Waals surface area contributed by atoms with E-state index < -0.39 is 38.7 Å². The Balaban J connectivity index is 1.65. The van der Waals surface area contributed by atoms with Gasteiger partial charge in [0, 0.05) is 32.9 Å². The summed E-state index contributed by atoms with van der Waals surface area (Å²) >= 11 is 0. The molecule has 0 saturated carbocycles. The molecule has 9 nitrogen and oxygen atoms in total. The number of aryl methyl sites for hydroxylation is 1. The molecule has 0 aliphatic carbocycles. The van der Waals surface area contributed by atoms with Crippen molar-refractivity contribution < 1.29 is 22.7 Å². The summed E-state index contributed by atoms with van der Waals surface area (Å²) in [5.74, 6) is 0.616. The first-order chi connectivity index (χ1) is 21.8. The third-order valence-electron chi connectivity index (χ3n) is 9.67. The number of amides is 1. The summed E-state index contributed by atoms with van der Waals surface area (Å²) in [7, 11) is -0.381. The van der Waals surface area contributed by atoms with Crippen LogP contribution < -0.4 is 9.21 Å². The van der Waals surface area contributed by atoms with Gasteiger partial charge in [0.25, 0.3) is 10.0 Å². The van der Waals surface area contributed by atoms with Gasteiger partial charge >= 0.3 is 6.09 Å². The minimum Gasteiger partial charge on any atom is -0.481 e. The minimum atomic E-state index is -4.08. The molecule has 0 bridgehead atoms. The first kappa shape index (κ1) is 31.9. The molecule has 0 radical (unpaired) electrons. The van der Waals surface area contributed by atoms with E-state index in [0.29, 0.717) is 44.1 Å². The zero-order valence-electron chi connectivity index (χ0n) is 27.8. The van der Waals surface area contributed by atoms with Gasteiger partial charge in [0.1, 0.15) is 11.8 Å². The molecule has 0 N–H and O–H groups in total. The summed E-state index contributed by atoms with van der Waals surface area (Å²) in [5.41, 5.74) is 2.03. The summed E-state index contributed by atoms with van der Waals surface area (Å²) in [6.07, 6.45) is -0.0664. The van der Waals surface area contributed by atoms with Gasteiger partial charge in [0.15, 0.2) is 5.90 Å².